The summed E-state index contributed by atoms with van der Waals surface area (Å²) in [5, 5.41) is 11.7. The first-order valence-corrected chi connectivity index (χ1v) is 7.85. The van der Waals surface area contributed by atoms with Crippen molar-refractivity contribution >= 4 is 29.7 Å². The van der Waals surface area contributed by atoms with E-state index < -0.39 is 5.97 Å². The Morgan fingerprint density at radius 1 is 1.35 bits per heavy atom. The molecule has 7 nitrogen and oxygen atoms in total. The predicted octanol–water partition coefficient (Wildman–Crippen LogP) is -0.180. The smallest absolute Gasteiger partial charge is 0.320 e. The second-order valence-corrected chi connectivity index (χ2v) is 6.04. The van der Waals surface area contributed by atoms with Crippen LogP contribution in [0.5, 0.6) is 0 Å². The van der Waals surface area contributed by atoms with Crippen molar-refractivity contribution in [1.29, 1.82) is 0 Å². The molecule has 0 bridgehead atoms. The van der Waals surface area contributed by atoms with Gasteiger partial charge in [0.25, 0.3) is 0 Å². The predicted molar refractivity (Wildman–Crippen MR) is 74.7 cm³/mol. The maximum absolute atomic E-state index is 12.5. The zero-order chi connectivity index (χ0) is 14.5. The van der Waals surface area contributed by atoms with Crippen molar-refractivity contribution in [3.63, 3.8) is 0 Å². The normalized spacial score (nSPS) is 24.0. The van der Waals surface area contributed by atoms with Gasteiger partial charge in [-0.05, 0) is 0 Å². The first-order chi connectivity index (χ1) is 9.58. The van der Waals surface area contributed by atoms with Gasteiger partial charge in [-0.2, -0.15) is 11.8 Å². The molecule has 3 amide bonds. The van der Waals surface area contributed by atoms with Crippen LogP contribution >= 0.6 is 11.8 Å². The molecule has 2 heterocycles. The average Bonchev–Trinajstić information content (AvgIpc) is 2.63. The molecule has 0 saturated carbocycles. The lowest BCUT2D eigenvalue weighted by Gasteiger charge is -2.37. The highest BCUT2D eigenvalue weighted by Gasteiger charge is 2.32. The van der Waals surface area contributed by atoms with Gasteiger partial charge < -0.3 is 20.2 Å². The fraction of sp³-hybridized carbons (Fsp3) is 0.750. The molecule has 2 rings (SSSR count). The van der Waals surface area contributed by atoms with Crippen molar-refractivity contribution in [2.75, 3.05) is 37.7 Å². The second kappa shape index (κ2) is 6.83. The van der Waals surface area contributed by atoms with Crippen LogP contribution in [-0.4, -0.2) is 76.5 Å². The number of hydrogen-bond acceptors (Lipinski definition) is 4. The van der Waals surface area contributed by atoms with E-state index in [0.29, 0.717) is 38.4 Å². The Bertz CT molecular complexity index is 404. The Kier molecular flexibility index (Phi) is 5.11. The van der Waals surface area contributed by atoms with E-state index in [9.17, 15) is 14.4 Å². The van der Waals surface area contributed by atoms with Crippen LogP contribution < -0.4 is 5.32 Å². The fourth-order valence-corrected chi connectivity index (χ4v) is 3.48. The Morgan fingerprint density at radius 3 is 2.90 bits per heavy atom. The van der Waals surface area contributed by atoms with E-state index in [-0.39, 0.29) is 24.4 Å². The van der Waals surface area contributed by atoms with Gasteiger partial charge in [-0.25, -0.2) is 4.79 Å². The molecule has 0 aliphatic carbocycles. The van der Waals surface area contributed by atoms with Crippen molar-refractivity contribution in [2.45, 2.75) is 18.9 Å². The van der Waals surface area contributed by atoms with Crippen LogP contribution in [0.4, 0.5) is 4.79 Å². The third-order valence-corrected chi connectivity index (χ3v) is 4.56. The van der Waals surface area contributed by atoms with Crippen LogP contribution in [0.3, 0.4) is 0 Å². The Labute approximate surface area is 121 Å². The standard InChI is InChI=1S/C12H19N3O4S/c16-10-1-3-14(4-2-13-10)12(19)15-5-6-20-8-9(15)7-11(17)18/h9H,1-8H2,(H,13,16)(H,17,18). The summed E-state index contributed by atoms with van der Waals surface area (Å²) in [7, 11) is 0. The van der Waals surface area contributed by atoms with E-state index >= 15 is 0 Å². The zero-order valence-electron chi connectivity index (χ0n) is 11.2. The number of nitrogens with zero attached hydrogens (tertiary/aromatic N) is 2. The van der Waals surface area contributed by atoms with Crippen LogP contribution in [0.15, 0.2) is 0 Å². The number of carbonyl (C=O) groups is 3. The number of carbonyl (C=O) groups excluding carboxylic acids is 2. The molecule has 0 aromatic carbocycles. The highest BCUT2D eigenvalue weighted by atomic mass is 32.2. The van der Waals surface area contributed by atoms with Crippen molar-refractivity contribution in [2.24, 2.45) is 0 Å². The van der Waals surface area contributed by atoms with Gasteiger partial charge in [-0.1, -0.05) is 0 Å². The van der Waals surface area contributed by atoms with Gasteiger partial charge in [-0.3, -0.25) is 9.59 Å². The number of hydrogen-bond donors (Lipinski definition) is 2. The van der Waals surface area contributed by atoms with Crippen LogP contribution in [0.1, 0.15) is 12.8 Å². The fourth-order valence-electron chi connectivity index (χ4n) is 2.42. The Balaban J connectivity index is 2.01. The van der Waals surface area contributed by atoms with E-state index in [2.05, 4.69) is 5.32 Å². The van der Waals surface area contributed by atoms with Gasteiger partial charge in [0.15, 0.2) is 0 Å². The molecular formula is C12H19N3O4S. The van der Waals surface area contributed by atoms with Crippen LogP contribution in [0.25, 0.3) is 0 Å². The minimum atomic E-state index is -0.886. The van der Waals surface area contributed by atoms with E-state index in [0.717, 1.165) is 5.75 Å². The summed E-state index contributed by atoms with van der Waals surface area (Å²) >= 11 is 1.68. The van der Waals surface area contributed by atoms with Crippen LogP contribution in [-0.2, 0) is 9.59 Å². The summed E-state index contributed by atoms with van der Waals surface area (Å²) in [6.45, 7) is 1.90. The minimum absolute atomic E-state index is 0.0240. The molecule has 2 fully saturated rings. The quantitative estimate of drug-likeness (QED) is 0.738. The summed E-state index contributed by atoms with van der Waals surface area (Å²) in [5.41, 5.74) is 0. The Morgan fingerprint density at radius 2 is 2.15 bits per heavy atom. The third-order valence-electron chi connectivity index (χ3n) is 3.47. The van der Waals surface area contributed by atoms with Crippen molar-refractivity contribution in [3.8, 4) is 0 Å². The summed E-state index contributed by atoms with van der Waals surface area (Å²) in [6.07, 6.45) is 0.279. The molecule has 112 valence electrons. The molecule has 1 atom stereocenters. The van der Waals surface area contributed by atoms with E-state index in [4.69, 9.17) is 5.11 Å². The molecule has 8 heteroatoms. The zero-order valence-corrected chi connectivity index (χ0v) is 12.0. The molecule has 2 saturated heterocycles. The summed E-state index contributed by atoms with van der Waals surface area (Å²) in [5.74, 6) is 0.551. The number of urea groups is 1. The van der Waals surface area contributed by atoms with Crippen molar-refractivity contribution in [1.82, 2.24) is 15.1 Å². The first-order valence-electron chi connectivity index (χ1n) is 6.69. The van der Waals surface area contributed by atoms with E-state index in [1.807, 2.05) is 0 Å². The molecule has 0 radical (unpaired) electrons. The topological polar surface area (TPSA) is 89.9 Å². The van der Waals surface area contributed by atoms with E-state index in [1.54, 1.807) is 21.6 Å². The van der Waals surface area contributed by atoms with Crippen molar-refractivity contribution < 1.29 is 19.5 Å². The number of amides is 3. The molecular weight excluding hydrogens is 282 g/mol. The summed E-state index contributed by atoms with van der Waals surface area (Å²) in [4.78, 5) is 38.0. The minimum Gasteiger partial charge on any atom is -0.481 e. The monoisotopic (exact) mass is 301 g/mol. The summed E-state index contributed by atoms with van der Waals surface area (Å²) < 4.78 is 0. The molecule has 0 spiro atoms. The number of carboxylic acid groups (broad SMARTS) is 1. The molecule has 1 unspecified atom stereocenters. The SMILES string of the molecule is O=C(O)CC1CSCCN1C(=O)N1CCNC(=O)CC1. The lowest BCUT2D eigenvalue weighted by atomic mass is 10.2. The van der Waals surface area contributed by atoms with E-state index in [1.165, 1.54) is 0 Å². The molecule has 0 aromatic rings. The van der Waals surface area contributed by atoms with Gasteiger partial charge in [0.05, 0.1) is 12.5 Å². The highest BCUT2D eigenvalue weighted by molar-refractivity contribution is 7.99. The van der Waals surface area contributed by atoms with Gasteiger partial charge in [0, 0.05) is 44.1 Å². The highest BCUT2D eigenvalue weighted by Crippen LogP contribution is 2.20. The number of carboxylic acids is 1. The first kappa shape index (κ1) is 15.0. The number of aliphatic carboxylic acids is 1. The van der Waals surface area contributed by atoms with Crippen LogP contribution in [0, 0.1) is 0 Å². The number of nitrogens with one attached hydrogen (secondary N) is 1. The van der Waals surface area contributed by atoms with Crippen molar-refractivity contribution in [3.05, 3.63) is 0 Å². The van der Waals surface area contributed by atoms with Crippen LogP contribution in [0.2, 0.25) is 0 Å². The van der Waals surface area contributed by atoms with Gasteiger partial charge in [0.1, 0.15) is 0 Å². The van der Waals surface area contributed by atoms with Gasteiger partial charge in [0.2, 0.25) is 5.91 Å². The number of thioether (sulfide) groups is 1. The van der Waals surface area contributed by atoms with Gasteiger partial charge in [-0.15, -0.1) is 0 Å². The maximum atomic E-state index is 12.5. The largest absolute Gasteiger partial charge is 0.481 e. The average molecular weight is 301 g/mol. The second-order valence-electron chi connectivity index (χ2n) is 4.89. The molecule has 20 heavy (non-hydrogen) atoms. The Hall–Kier alpha value is -1.44. The lowest BCUT2D eigenvalue weighted by molar-refractivity contribution is -0.138. The summed E-state index contributed by atoms with van der Waals surface area (Å²) in [6, 6.07) is -0.404. The molecule has 2 N–H and O–H groups in total. The molecule has 2 aliphatic rings. The molecule has 0 aromatic heterocycles. The third kappa shape index (κ3) is 3.78. The number of rotatable bonds is 2. The van der Waals surface area contributed by atoms with Gasteiger partial charge >= 0.3 is 12.0 Å². The maximum Gasteiger partial charge on any atom is 0.320 e. The molecule has 2 aliphatic heterocycles. The lowest BCUT2D eigenvalue weighted by Crippen LogP contribution is -2.53.